The molecule has 1 saturated carbocycles. The normalized spacial score (nSPS) is 16.1. The third-order valence-corrected chi connectivity index (χ3v) is 3.56. The lowest BCUT2D eigenvalue weighted by molar-refractivity contribution is 0.0698. The first-order chi connectivity index (χ1) is 8.18. The zero-order chi connectivity index (χ0) is 12.0. The van der Waals surface area contributed by atoms with Crippen molar-refractivity contribution in [1.29, 1.82) is 0 Å². The van der Waals surface area contributed by atoms with Crippen LogP contribution in [0.2, 0.25) is 0 Å². The molecule has 0 amide bonds. The lowest BCUT2D eigenvalue weighted by Gasteiger charge is -2.29. The molecule has 1 heterocycles. The van der Waals surface area contributed by atoms with E-state index in [4.69, 9.17) is 0 Å². The predicted molar refractivity (Wildman–Crippen MR) is 64.3 cm³/mol. The number of fused-ring (bicyclic) bond motifs is 1. The Hall–Kier alpha value is -1.84. The second kappa shape index (κ2) is 3.58. The van der Waals surface area contributed by atoms with Gasteiger partial charge in [0.05, 0.1) is 16.6 Å². The highest BCUT2D eigenvalue weighted by molar-refractivity contribution is 6.01. The van der Waals surface area contributed by atoms with Crippen LogP contribution < -0.4 is 0 Å². The van der Waals surface area contributed by atoms with Gasteiger partial charge in [-0.1, -0.05) is 6.07 Å². The Morgan fingerprint density at radius 2 is 2.24 bits per heavy atom. The zero-order valence-corrected chi connectivity index (χ0v) is 9.68. The van der Waals surface area contributed by atoms with Crippen LogP contribution in [-0.2, 0) is 0 Å². The largest absolute Gasteiger partial charge is 0.478 e. The molecule has 1 aromatic carbocycles. The van der Waals surface area contributed by atoms with Crippen molar-refractivity contribution >= 4 is 17.0 Å². The average molecular weight is 230 g/mol. The van der Waals surface area contributed by atoms with Crippen LogP contribution in [0.15, 0.2) is 18.2 Å². The van der Waals surface area contributed by atoms with Gasteiger partial charge in [0.25, 0.3) is 0 Å². The third-order valence-electron chi connectivity index (χ3n) is 3.56. The molecule has 0 saturated heterocycles. The average Bonchev–Trinajstić information content (AvgIpc) is 2.53. The van der Waals surface area contributed by atoms with Gasteiger partial charge >= 0.3 is 5.97 Å². The van der Waals surface area contributed by atoms with Crippen molar-refractivity contribution in [2.75, 3.05) is 0 Å². The standard InChI is InChI=1S/C13H14N2O2/c1-8-14-11-7-3-6-10(13(16)17)12(11)15(8)9-4-2-5-9/h3,6-7,9H,2,4-5H2,1H3,(H,16,17). The van der Waals surface area contributed by atoms with Crippen molar-refractivity contribution in [3.05, 3.63) is 29.6 Å². The SMILES string of the molecule is Cc1nc2cccc(C(=O)O)c2n1C1CCC1. The van der Waals surface area contributed by atoms with E-state index in [1.54, 1.807) is 12.1 Å². The van der Waals surface area contributed by atoms with Crippen LogP contribution in [0.1, 0.15) is 41.5 Å². The second-order valence-electron chi connectivity index (χ2n) is 4.59. The Bertz CT molecular complexity index is 597. The molecule has 1 fully saturated rings. The quantitative estimate of drug-likeness (QED) is 0.863. The van der Waals surface area contributed by atoms with E-state index in [2.05, 4.69) is 9.55 Å². The third kappa shape index (κ3) is 1.44. The van der Waals surface area contributed by atoms with Crippen LogP contribution in [0.25, 0.3) is 11.0 Å². The first-order valence-electron chi connectivity index (χ1n) is 5.89. The number of aromatic nitrogens is 2. The summed E-state index contributed by atoms with van der Waals surface area (Å²) in [6, 6.07) is 5.72. The predicted octanol–water partition coefficient (Wildman–Crippen LogP) is 2.77. The van der Waals surface area contributed by atoms with Crippen LogP contribution in [0, 0.1) is 6.92 Å². The van der Waals surface area contributed by atoms with E-state index in [1.807, 2.05) is 13.0 Å². The highest BCUT2D eigenvalue weighted by Crippen LogP contribution is 2.36. The summed E-state index contributed by atoms with van der Waals surface area (Å²) in [4.78, 5) is 15.7. The number of carboxylic acid groups (broad SMARTS) is 1. The number of benzene rings is 1. The summed E-state index contributed by atoms with van der Waals surface area (Å²) in [5.74, 6) is 0.0365. The van der Waals surface area contributed by atoms with Gasteiger partial charge < -0.3 is 9.67 Å². The van der Waals surface area contributed by atoms with Crippen molar-refractivity contribution in [2.45, 2.75) is 32.2 Å². The van der Waals surface area contributed by atoms with Gasteiger partial charge in [0.1, 0.15) is 5.82 Å². The van der Waals surface area contributed by atoms with Gasteiger partial charge in [-0.2, -0.15) is 0 Å². The molecule has 2 aromatic rings. The van der Waals surface area contributed by atoms with Crippen LogP contribution in [0.4, 0.5) is 0 Å². The van der Waals surface area contributed by atoms with E-state index < -0.39 is 5.97 Å². The van der Waals surface area contributed by atoms with Crippen molar-refractivity contribution < 1.29 is 9.90 Å². The fourth-order valence-electron chi connectivity index (χ4n) is 2.53. The molecule has 0 aliphatic heterocycles. The molecule has 0 radical (unpaired) electrons. The Labute approximate surface area is 98.9 Å². The first-order valence-corrected chi connectivity index (χ1v) is 5.89. The van der Waals surface area contributed by atoms with Crippen molar-refractivity contribution in [3.63, 3.8) is 0 Å². The number of aryl methyl sites for hydroxylation is 1. The van der Waals surface area contributed by atoms with E-state index in [1.165, 1.54) is 6.42 Å². The summed E-state index contributed by atoms with van der Waals surface area (Å²) in [7, 11) is 0. The Balaban J connectivity index is 2.31. The maximum absolute atomic E-state index is 11.3. The first kappa shape index (κ1) is 10.3. The zero-order valence-electron chi connectivity index (χ0n) is 9.68. The number of carboxylic acids is 1. The lowest BCUT2D eigenvalue weighted by atomic mass is 9.92. The molecule has 1 aliphatic carbocycles. The van der Waals surface area contributed by atoms with E-state index >= 15 is 0 Å². The summed E-state index contributed by atoms with van der Waals surface area (Å²) < 4.78 is 2.10. The van der Waals surface area contributed by atoms with Crippen molar-refractivity contribution in [3.8, 4) is 0 Å². The molecule has 0 unspecified atom stereocenters. The molecular formula is C13H14N2O2. The molecule has 1 aliphatic rings. The molecule has 3 rings (SSSR count). The molecule has 1 N–H and O–H groups in total. The van der Waals surface area contributed by atoms with Crippen LogP contribution in [0.3, 0.4) is 0 Å². The molecular weight excluding hydrogens is 216 g/mol. The Morgan fingerprint density at radius 3 is 2.82 bits per heavy atom. The van der Waals surface area contributed by atoms with E-state index in [0.717, 1.165) is 29.7 Å². The van der Waals surface area contributed by atoms with Crippen LogP contribution in [-0.4, -0.2) is 20.6 Å². The number of hydrogen-bond acceptors (Lipinski definition) is 2. The summed E-state index contributed by atoms with van der Waals surface area (Å²) >= 11 is 0. The number of nitrogens with zero attached hydrogens (tertiary/aromatic N) is 2. The Morgan fingerprint density at radius 1 is 1.47 bits per heavy atom. The number of rotatable bonds is 2. The second-order valence-corrected chi connectivity index (χ2v) is 4.59. The van der Waals surface area contributed by atoms with Crippen molar-refractivity contribution in [1.82, 2.24) is 9.55 Å². The maximum atomic E-state index is 11.3. The number of para-hydroxylation sites is 1. The highest BCUT2D eigenvalue weighted by atomic mass is 16.4. The van der Waals surface area contributed by atoms with Gasteiger partial charge in [0.2, 0.25) is 0 Å². The maximum Gasteiger partial charge on any atom is 0.337 e. The van der Waals surface area contributed by atoms with Gasteiger partial charge in [0.15, 0.2) is 0 Å². The molecule has 0 bridgehead atoms. The van der Waals surface area contributed by atoms with Gasteiger partial charge in [-0.3, -0.25) is 0 Å². The van der Waals surface area contributed by atoms with Crippen molar-refractivity contribution in [2.24, 2.45) is 0 Å². The molecule has 17 heavy (non-hydrogen) atoms. The van der Waals surface area contributed by atoms with Gasteiger partial charge in [0, 0.05) is 6.04 Å². The van der Waals surface area contributed by atoms with Gasteiger partial charge in [-0.25, -0.2) is 9.78 Å². The van der Waals surface area contributed by atoms with E-state index in [0.29, 0.717) is 11.6 Å². The van der Waals surface area contributed by atoms with Gasteiger partial charge in [-0.15, -0.1) is 0 Å². The van der Waals surface area contributed by atoms with E-state index in [-0.39, 0.29) is 0 Å². The Kier molecular flexibility index (Phi) is 2.18. The number of aromatic carboxylic acids is 1. The molecule has 88 valence electrons. The molecule has 4 nitrogen and oxygen atoms in total. The monoisotopic (exact) mass is 230 g/mol. The summed E-state index contributed by atoms with van der Waals surface area (Å²) in [6.45, 7) is 1.95. The molecule has 4 heteroatoms. The van der Waals surface area contributed by atoms with E-state index in [9.17, 15) is 9.90 Å². The minimum absolute atomic E-state index is 0.356. The lowest BCUT2D eigenvalue weighted by Crippen LogP contribution is -2.19. The number of carbonyl (C=O) groups is 1. The highest BCUT2D eigenvalue weighted by Gasteiger charge is 2.25. The molecule has 0 spiro atoms. The van der Waals surface area contributed by atoms with Crippen LogP contribution in [0.5, 0.6) is 0 Å². The fourth-order valence-corrected chi connectivity index (χ4v) is 2.53. The number of hydrogen-bond donors (Lipinski definition) is 1. The minimum atomic E-state index is -0.879. The molecule has 1 aromatic heterocycles. The topological polar surface area (TPSA) is 55.1 Å². The fraction of sp³-hybridized carbons (Fsp3) is 0.385. The smallest absolute Gasteiger partial charge is 0.337 e. The summed E-state index contributed by atoms with van der Waals surface area (Å²) in [5, 5.41) is 9.25. The summed E-state index contributed by atoms with van der Waals surface area (Å²) in [5.41, 5.74) is 1.92. The minimum Gasteiger partial charge on any atom is -0.478 e. The van der Waals surface area contributed by atoms with Crippen LogP contribution >= 0.6 is 0 Å². The van der Waals surface area contributed by atoms with Gasteiger partial charge in [-0.05, 0) is 38.3 Å². The number of imidazole rings is 1. The summed E-state index contributed by atoms with van der Waals surface area (Å²) in [6.07, 6.45) is 3.47. The molecule has 0 atom stereocenters.